The van der Waals surface area contributed by atoms with Crippen molar-refractivity contribution >= 4 is 0 Å². The summed E-state index contributed by atoms with van der Waals surface area (Å²) in [5, 5.41) is 3.41. The summed E-state index contributed by atoms with van der Waals surface area (Å²) in [5.74, 6) is 1.07. The third-order valence-electron chi connectivity index (χ3n) is 3.62. The van der Waals surface area contributed by atoms with Gasteiger partial charge in [0, 0.05) is 6.61 Å². The Balaban J connectivity index is 2.94. The summed E-state index contributed by atoms with van der Waals surface area (Å²) in [6.07, 6.45) is 0.208. The molecule has 2 atom stereocenters. The molecule has 0 saturated heterocycles. The lowest BCUT2D eigenvalue weighted by Gasteiger charge is -2.30. The van der Waals surface area contributed by atoms with E-state index in [1.165, 1.54) is 11.1 Å². The molecule has 0 saturated carbocycles. The topological polar surface area (TPSA) is 21.3 Å². The van der Waals surface area contributed by atoms with Gasteiger partial charge in [0.25, 0.3) is 0 Å². The maximum absolute atomic E-state index is 5.93. The molecule has 0 radical (unpaired) electrons. The van der Waals surface area contributed by atoms with Gasteiger partial charge in [-0.05, 0) is 36.9 Å². The SMILES string of the molecule is CCOC(C(C)C)C(NC)c1ccc(C(C)C)cc1. The molecule has 0 bridgehead atoms. The van der Waals surface area contributed by atoms with Gasteiger partial charge in [-0.15, -0.1) is 0 Å². The fourth-order valence-corrected chi connectivity index (χ4v) is 2.47. The Bertz CT molecular complexity index is 356. The number of nitrogens with one attached hydrogen (secondary N) is 1. The zero-order chi connectivity index (χ0) is 14.4. The minimum absolute atomic E-state index is 0.208. The summed E-state index contributed by atoms with van der Waals surface area (Å²) in [6, 6.07) is 9.16. The fourth-order valence-electron chi connectivity index (χ4n) is 2.47. The molecule has 2 nitrogen and oxygen atoms in total. The molecular formula is C17H29NO. The zero-order valence-corrected chi connectivity index (χ0v) is 13.2. The number of likely N-dealkylation sites (N-methyl/N-ethyl adjacent to an activating group) is 1. The van der Waals surface area contributed by atoms with E-state index in [0.29, 0.717) is 11.8 Å². The molecule has 0 aromatic heterocycles. The van der Waals surface area contributed by atoms with Gasteiger partial charge in [-0.25, -0.2) is 0 Å². The van der Waals surface area contributed by atoms with E-state index in [2.05, 4.69) is 64.2 Å². The molecule has 1 aromatic carbocycles. The summed E-state index contributed by atoms with van der Waals surface area (Å²) >= 11 is 0. The average Bonchev–Trinajstić information content (AvgIpc) is 2.39. The predicted molar refractivity (Wildman–Crippen MR) is 82.6 cm³/mol. The van der Waals surface area contributed by atoms with Gasteiger partial charge < -0.3 is 10.1 Å². The van der Waals surface area contributed by atoms with Crippen LogP contribution in [-0.4, -0.2) is 19.8 Å². The Hall–Kier alpha value is -0.860. The fraction of sp³-hybridized carbons (Fsp3) is 0.647. The highest BCUT2D eigenvalue weighted by Gasteiger charge is 2.25. The molecule has 1 rings (SSSR count). The second-order valence-electron chi connectivity index (χ2n) is 5.75. The predicted octanol–water partition coefficient (Wildman–Crippen LogP) is 4.13. The van der Waals surface area contributed by atoms with E-state index in [-0.39, 0.29) is 12.1 Å². The minimum atomic E-state index is 0.208. The van der Waals surface area contributed by atoms with Crippen LogP contribution >= 0.6 is 0 Å². The summed E-state index contributed by atoms with van der Waals surface area (Å²) < 4.78 is 5.93. The van der Waals surface area contributed by atoms with Gasteiger partial charge in [0.2, 0.25) is 0 Å². The van der Waals surface area contributed by atoms with Gasteiger partial charge in [0.05, 0.1) is 12.1 Å². The second-order valence-corrected chi connectivity index (χ2v) is 5.75. The Morgan fingerprint density at radius 2 is 1.53 bits per heavy atom. The maximum Gasteiger partial charge on any atom is 0.0792 e. The van der Waals surface area contributed by atoms with Crippen molar-refractivity contribution < 1.29 is 4.74 Å². The lowest BCUT2D eigenvalue weighted by atomic mass is 9.92. The van der Waals surface area contributed by atoms with Gasteiger partial charge in [-0.2, -0.15) is 0 Å². The minimum Gasteiger partial charge on any atom is -0.376 e. The van der Waals surface area contributed by atoms with Crippen LogP contribution in [0, 0.1) is 5.92 Å². The highest BCUT2D eigenvalue weighted by molar-refractivity contribution is 5.27. The molecule has 19 heavy (non-hydrogen) atoms. The average molecular weight is 263 g/mol. The van der Waals surface area contributed by atoms with Gasteiger partial charge in [-0.3, -0.25) is 0 Å². The van der Waals surface area contributed by atoms with Crippen LogP contribution < -0.4 is 5.32 Å². The van der Waals surface area contributed by atoms with Crippen molar-refractivity contribution in [1.29, 1.82) is 0 Å². The monoisotopic (exact) mass is 263 g/mol. The highest BCUT2D eigenvalue weighted by atomic mass is 16.5. The van der Waals surface area contributed by atoms with E-state index in [9.17, 15) is 0 Å². The lowest BCUT2D eigenvalue weighted by molar-refractivity contribution is 0.00460. The number of hydrogen-bond acceptors (Lipinski definition) is 2. The Kier molecular flexibility index (Phi) is 6.53. The molecule has 0 aliphatic heterocycles. The molecular weight excluding hydrogens is 234 g/mol. The number of benzene rings is 1. The van der Waals surface area contributed by atoms with Crippen LogP contribution in [0.15, 0.2) is 24.3 Å². The molecule has 0 heterocycles. The standard InChI is InChI=1S/C17H29NO/c1-7-19-17(13(4)5)16(18-6)15-10-8-14(9-11-15)12(2)3/h8-13,16-18H,7H2,1-6H3. The largest absolute Gasteiger partial charge is 0.376 e. The van der Waals surface area contributed by atoms with E-state index in [1.54, 1.807) is 0 Å². The van der Waals surface area contributed by atoms with E-state index < -0.39 is 0 Å². The van der Waals surface area contributed by atoms with Crippen molar-refractivity contribution in [3.63, 3.8) is 0 Å². The van der Waals surface area contributed by atoms with Gasteiger partial charge in [0.15, 0.2) is 0 Å². The first kappa shape index (κ1) is 16.2. The molecule has 2 unspecified atom stereocenters. The van der Waals surface area contributed by atoms with E-state index >= 15 is 0 Å². The van der Waals surface area contributed by atoms with Crippen LogP contribution in [0.25, 0.3) is 0 Å². The second kappa shape index (κ2) is 7.66. The van der Waals surface area contributed by atoms with Crippen LogP contribution in [0.1, 0.15) is 57.7 Å². The van der Waals surface area contributed by atoms with Crippen molar-refractivity contribution in [3.05, 3.63) is 35.4 Å². The van der Waals surface area contributed by atoms with Crippen molar-refractivity contribution in [3.8, 4) is 0 Å². The van der Waals surface area contributed by atoms with E-state index in [0.717, 1.165) is 6.61 Å². The summed E-state index contributed by atoms with van der Waals surface area (Å²) in [5.41, 5.74) is 2.69. The molecule has 0 fully saturated rings. The van der Waals surface area contributed by atoms with Crippen LogP contribution in [0.5, 0.6) is 0 Å². The zero-order valence-electron chi connectivity index (χ0n) is 13.2. The van der Waals surface area contributed by atoms with E-state index in [1.807, 2.05) is 7.05 Å². The lowest BCUT2D eigenvalue weighted by Crippen LogP contribution is -2.35. The smallest absolute Gasteiger partial charge is 0.0792 e. The molecule has 0 aliphatic rings. The van der Waals surface area contributed by atoms with Crippen molar-refractivity contribution in [1.82, 2.24) is 5.32 Å². The van der Waals surface area contributed by atoms with Gasteiger partial charge >= 0.3 is 0 Å². The number of ether oxygens (including phenoxy) is 1. The summed E-state index contributed by atoms with van der Waals surface area (Å²) in [4.78, 5) is 0. The van der Waals surface area contributed by atoms with Crippen LogP contribution in [0.2, 0.25) is 0 Å². The molecule has 0 aliphatic carbocycles. The van der Waals surface area contributed by atoms with Crippen LogP contribution in [0.3, 0.4) is 0 Å². The van der Waals surface area contributed by atoms with Gasteiger partial charge in [-0.1, -0.05) is 52.0 Å². The summed E-state index contributed by atoms with van der Waals surface area (Å²) in [6.45, 7) is 11.7. The van der Waals surface area contributed by atoms with E-state index in [4.69, 9.17) is 4.74 Å². The first-order valence-corrected chi connectivity index (χ1v) is 7.39. The maximum atomic E-state index is 5.93. The molecule has 0 amide bonds. The Morgan fingerprint density at radius 3 is 1.89 bits per heavy atom. The van der Waals surface area contributed by atoms with Crippen LogP contribution in [0.4, 0.5) is 0 Å². The van der Waals surface area contributed by atoms with Crippen molar-refractivity contribution in [2.24, 2.45) is 5.92 Å². The molecule has 108 valence electrons. The Labute approximate surface area is 118 Å². The first-order chi connectivity index (χ1) is 9.01. The third kappa shape index (κ3) is 4.32. The molecule has 1 N–H and O–H groups in total. The summed E-state index contributed by atoms with van der Waals surface area (Å²) in [7, 11) is 2.01. The first-order valence-electron chi connectivity index (χ1n) is 7.39. The highest BCUT2D eigenvalue weighted by Crippen LogP contribution is 2.26. The van der Waals surface area contributed by atoms with Crippen molar-refractivity contribution in [2.45, 2.75) is 52.7 Å². The molecule has 2 heteroatoms. The third-order valence-corrected chi connectivity index (χ3v) is 3.62. The van der Waals surface area contributed by atoms with Crippen molar-refractivity contribution in [2.75, 3.05) is 13.7 Å². The molecule has 1 aromatic rings. The quantitative estimate of drug-likeness (QED) is 0.798. The van der Waals surface area contributed by atoms with Gasteiger partial charge in [0.1, 0.15) is 0 Å². The Morgan fingerprint density at radius 1 is 1.00 bits per heavy atom. The number of hydrogen-bond donors (Lipinski definition) is 1. The van der Waals surface area contributed by atoms with Crippen LogP contribution in [-0.2, 0) is 4.74 Å². The normalized spacial score (nSPS) is 14.9. The molecule has 0 spiro atoms. The number of rotatable bonds is 7.